The molecule has 0 unspecified atom stereocenters. The third-order valence-corrected chi connectivity index (χ3v) is 1.57. The summed E-state index contributed by atoms with van der Waals surface area (Å²) < 4.78 is 14.6. The Labute approximate surface area is 78.1 Å². The zero-order valence-corrected chi connectivity index (χ0v) is 7.68. The SMILES string of the molecule is Nc1nc(N)c(N)c(OP(=O)(O)O)n1. The lowest BCUT2D eigenvalue weighted by molar-refractivity contribution is 0.280. The molecule has 14 heavy (non-hydrogen) atoms. The lowest BCUT2D eigenvalue weighted by Crippen LogP contribution is -2.07. The summed E-state index contributed by atoms with van der Waals surface area (Å²) >= 11 is 0. The van der Waals surface area contributed by atoms with Gasteiger partial charge < -0.3 is 21.7 Å². The number of nitrogen functional groups attached to an aromatic ring is 3. The molecule has 0 saturated heterocycles. The molecule has 0 saturated carbocycles. The van der Waals surface area contributed by atoms with E-state index in [1.54, 1.807) is 0 Å². The van der Waals surface area contributed by atoms with E-state index in [9.17, 15) is 4.57 Å². The van der Waals surface area contributed by atoms with Gasteiger partial charge in [-0.25, -0.2) is 4.57 Å². The number of phosphoric acid groups is 1. The number of nitrogens with zero attached hydrogens (tertiary/aromatic N) is 2. The predicted molar refractivity (Wildman–Crippen MR) is 47.9 cm³/mol. The molecule has 0 aliphatic heterocycles. The van der Waals surface area contributed by atoms with Gasteiger partial charge in [0.1, 0.15) is 5.69 Å². The fourth-order valence-corrected chi connectivity index (χ4v) is 1.03. The van der Waals surface area contributed by atoms with Crippen LogP contribution in [0.4, 0.5) is 17.5 Å². The Kier molecular flexibility index (Phi) is 2.47. The highest BCUT2D eigenvalue weighted by Gasteiger charge is 2.20. The summed E-state index contributed by atoms with van der Waals surface area (Å²) in [4.78, 5) is 23.8. The molecule has 0 aliphatic carbocycles. The molecule has 0 aromatic carbocycles. The topological polar surface area (TPSA) is 171 Å². The number of hydrogen-bond donors (Lipinski definition) is 5. The van der Waals surface area contributed by atoms with E-state index in [4.69, 9.17) is 27.0 Å². The van der Waals surface area contributed by atoms with Gasteiger partial charge in [0.05, 0.1) is 0 Å². The fourth-order valence-electron chi connectivity index (χ4n) is 0.665. The van der Waals surface area contributed by atoms with Crippen LogP contribution in [-0.4, -0.2) is 19.8 Å². The van der Waals surface area contributed by atoms with E-state index in [1.807, 2.05) is 0 Å². The number of hydrogen-bond acceptors (Lipinski definition) is 7. The first-order valence-corrected chi connectivity index (χ1v) is 4.76. The van der Waals surface area contributed by atoms with Gasteiger partial charge in [-0.05, 0) is 0 Å². The van der Waals surface area contributed by atoms with E-state index < -0.39 is 13.7 Å². The van der Waals surface area contributed by atoms with Crippen LogP contribution in [0.3, 0.4) is 0 Å². The molecule has 0 fully saturated rings. The Morgan fingerprint density at radius 2 is 1.79 bits per heavy atom. The smallest absolute Gasteiger partial charge is 0.391 e. The lowest BCUT2D eigenvalue weighted by atomic mass is 10.5. The maximum atomic E-state index is 10.5. The molecule has 0 radical (unpaired) electrons. The summed E-state index contributed by atoms with van der Waals surface area (Å²) in [5.41, 5.74) is 15.4. The highest BCUT2D eigenvalue weighted by molar-refractivity contribution is 7.46. The molecule has 0 amide bonds. The quantitative estimate of drug-likeness (QED) is 0.380. The van der Waals surface area contributed by atoms with Crippen molar-refractivity contribution in [2.24, 2.45) is 0 Å². The maximum absolute atomic E-state index is 10.5. The van der Waals surface area contributed by atoms with Gasteiger partial charge in [0.25, 0.3) is 5.88 Å². The molecule has 8 N–H and O–H groups in total. The zero-order valence-electron chi connectivity index (χ0n) is 6.78. The molecule has 10 heteroatoms. The van der Waals surface area contributed by atoms with E-state index in [-0.39, 0.29) is 17.5 Å². The molecule has 0 bridgehead atoms. The number of rotatable bonds is 2. The van der Waals surface area contributed by atoms with Crippen LogP contribution in [0.5, 0.6) is 5.88 Å². The summed E-state index contributed by atoms with van der Waals surface area (Å²) in [6, 6.07) is 0. The van der Waals surface area contributed by atoms with Crippen LogP contribution < -0.4 is 21.7 Å². The monoisotopic (exact) mass is 221 g/mol. The van der Waals surface area contributed by atoms with Crippen LogP contribution in [0.2, 0.25) is 0 Å². The first-order valence-electron chi connectivity index (χ1n) is 3.23. The predicted octanol–water partition coefficient (Wildman–Crippen LogP) is -1.31. The summed E-state index contributed by atoms with van der Waals surface area (Å²) in [5.74, 6) is -1.04. The standard InChI is InChI=1S/C4H8N5O4P/c5-1-2(6)8-4(7)9-3(1)13-14(10,11)12/h5H2,(H2,10,11,12)(H4,6,7,8,9). The van der Waals surface area contributed by atoms with E-state index in [1.165, 1.54) is 0 Å². The Bertz CT molecular complexity index is 403. The van der Waals surface area contributed by atoms with Crippen molar-refractivity contribution in [2.45, 2.75) is 0 Å². The van der Waals surface area contributed by atoms with Crippen LogP contribution in [0, 0.1) is 0 Å². The fraction of sp³-hybridized carbons (Fsp3) is 0. The number of anilines is 3. The van der Waals surface area contributed by atoms with Crippen molar-refractivity contribution in [2.75, 3.05) is 17.2 Å². The van der Waals surface area contributed by atoms with Crippen molar-refractivity contribution < 1.29 is 18.9 Å². The molecular weight excluding hydrogens is 213 g/mol. The molecule has 0 aliphatic rings. The minimum absolute atomic E-state index is 0.207. The van der Waals surface area contributed by atoms with E-state index in [0.29, 0.717) is 0 Å². The molecular formula is C4H8N5O4P. The summed E-state index contributed by atoms with van der Waals surface area (Å²) in [7, 11) is -4.74. The second-order valence-corrected chi connectivity index (χ2v) is 3.43. The summed E-state index contributed by atoms with van der Waals surface area (Å²) in [6.45, 7) is 0. The van der Waals surface area contributed by atoms with Crippen molar-refractivity contribution in [1.82, 2.24) is 9.97 Å². The van der Waals surface area contributed by atoms with Crippen molar-refractivity contribution >= 4 is 25.3 Å². The Morgan fingerprint density at radius 1 is 1.21 bits per heavy atom. The van der Waals surface area contributed by atoms with E-state index in [2.05, 4.69) is 14.5 Å². The maximum Gasteiger partial charge on any atom is 0.526 e. The Balaban J connectivity index is 3.15. The normalized spacial score (nSPS) is 11.3. The van der Waals surface area contributed by atoms with Gasteiger partial charge in [0, 0.05) is 0 Å². The van der Waals surface area contributed by atoms with E-state index in [0.717, 1.165) is 0 Å². The zero-order chi connectivity index (χ0) is 10.9. The number of aromatic nitrogens is 2. The Morgan fingerprint density at radius 3 is 2.29 bits per heavy atom. The van der Waals surface area contributed by atoms with Crippen molar-refractivity contribution in [3.05, 3.63) is 0 Å². The molecule has 1 heterocycles. The van der Waals surface area contributed by atoms with Crippen molar-refractivity contribution in [3.63, 3.8) is 0 Å². The van der Waals surface area contributed by atoms with Gasteiger partial charge in [-0.1, -0.05) is 0 Å². The van der Waals surface area contributed by atoms with Gasteiger partial charge in [-0.2, -0.15) is 9.97 Å². The minimum Gasteiger partial charge on any atom is -0.391 e. The Hall–Kier alpha value is -1.57. The van der Waals surface area contributed by atoms with Gasteiger partial charge >= 0.3 is 7.82 Å². The summed E-state index contributed by atoms with van der Waals surface area (Å²) in [6.07, 6.45) is 0. The highest BCUT2D eigenvalue weighted by atomic mass is 31.2. The molecule has 78 valence electrons. The molecule has 0 atom stereocenters. The van der Waals surface area contributed by atoms with Gasteiger partial charge in [-0.3, -0.25) is 9.79 Å². The van der Waals surface area contributed by atoms with Crippen LogP contribution in [-0.2, 0) is 4.57 Å². The van der Waals surface area contributed by atoms with Crippen LogP contribution in [0.25, 0.3) is 0 Å². The van der Waals surface area contributed by atoms with Gasteiger partial charge in [0.15, 0.2) is 5.82 Å². The average Bonchev–Trinajstić information content (AvgIpc) is 1.96. The van der Waals surface area contributed by atoms with Gasteiger partial charge in [-0.15, -0.1) is 0 Å². The third-order valence-electron chi connectivity index (χ3n) is 1.16. The molecule has 1 rings (SSSR count). The molecule has 0 spiro atoms. The van der Waals surface area contributed by atoms with Crippen LogP contribution in [0.15, 0.2) is 0 Å². The lowest BCUT2D eigenvalue weighted by Gasteiger charge is -2.09. The van der Waals surface area contributed by atoms with Crippen molar-refractivity contribution in [1.29, 1.82) is 0 Å². The third kappa shape index (κ3) is 2.46. The van der Waals surface area contributed by atoms with Crippen LogP contribution in [0.1, 0.15) is 0 Å². The van der Waals surface area contributed by atoms with E-state index >= 15 is 0 Å². The first kappa shape index (κ1) is 10.5. The summed E-state index contributed by atoms with van der Waals surface area (Å²) in [5, 5.41) is 0. The second kappa shape index (κ2) is 3.29. The van der Waals surface area contributed by atoms with Crippen molar-refractivity contribution in [3.8, 4) is 5.88 Å². The first-order chi connectivity index (χ1) is 6.29. The molecule has 1 aromatic heterocycles. The minimum atomic E-state index is -4.74. The molecule has 1 aromatic rings. The van der Waals surface area contributed by atoms with Crippen LogP contribution >= 0.6 is 7.82 Å². The molecule has 9 nitrogen and oxygen atoms in total. The number of phosphoric ester groups is 1. The highest BCUT2D eigenvalue weighted by Crippen LogP contribution is 2.40. The van der Waals surface area contributed by atoms with Gasteiger partial charge in [0.2, 0.25) is 5.95 Å². The number of nitrogens with two attached hydrogens (primary N) is 3. The average molecular weight is 221 g/mol. The largest absolute Gasteiger partial charge is 0.526 e. The second-order valence-electron chi connectivity index (χ2n) is 2.27.